The van der Waals surface area contributed by atoms with Crippen LogP contribution < -0.4 is 5.73 Å². The first kappa shape index (κ1) is 9.82. The van der Waals surface area contributed by atoms with E-state index in [0.717, 1.165) is 0 Å². The van der Waals surface area contributed by atoms with E-state index in [2.05, 4.69) is 0 Å². The lowest BCUT2D eigenvalue weighted by Gasteiger charge is -2.12. The summed E-state index contributed by atoms with van der Waals surface area (Å²) in [7, 11) is 0. The van der Waals surface area contributed by atoms with Crippen LogP contribution in [0, 0.1) is 5.92 Å². The van der Waals surface area contributed by atoms with Crippen molar-refractivity contribution in [2.75, 3.05) is 0 Å². The molecule has 0 aromatic heterocycles. The standard InChI is InChI=1S/C7H15F2N/c1-5(2)3-6(10)4-7(8)9/h5-7H,3-4,10H2,1-2H3. The third-order valence-corrected chi connectivity index (χ3v) is 1.26. The quantitative estimate of drug-likeness (QED) is 0.653. The minimum Gasteiger partial charge on any atom is -0.327 e. The molecule has 0 aliphatic rings. The van der Waals surface area contributed by atoms with Crippen LogP contribution >= 0.6 is 0 Å². The maximum absolute atomic E-state index is 11.7. The molecule has 62 valence electrons. The van der Waals surface area contributed by atoms with Crippen molar-refractivity contribution in [1.29, 1.82) is 0 Å². The summed E-state index contributed by atoms with van der Waals surface area (Å²) in [5.41, 5.74) is 5.40. The van der Waals surface area contributed by atoms with E-state index in [0.29, 0.717) is 12.3 Å². The first-order valence-corrected chi connectivity index (χ1v) is 3.56. The summed E-state index contributed by atoms with van der Waals surface area (Å²) in [6, 6.07) is -0.333. The summed E-state index contributed by atoms with van der Waals surface area (Å²) >= 11 is 0. The van der Waals surface area contributed by atoms with Crippen molar-refractivity contribution < 1.29 is 8.78 Å². The Kier molecular flexibility index (Phi) is 4.52. The number of hydrogen-bond acceptors (Lipinski definition) is 1. The highest BCUT2D eigenvalue weighted by molar-refractivity contribution is 4.64. The zero-order valence-electron chi connectivity index (χ0n) is 6.48. The Bertz CT molecular complexity index is 73.7. The molecule has 2 N–H and O–H groups in total. The Morgan fingerprint density at radius 1 is 1.20 bits per heavy atom. The van der Waals surface area contributed by atoms with Gasteiger partial charge in [-0.15, -0.1) is 0 Å². The van der Waals surface area contributed by atoms with Gasteiger partial charge in [-0.25, -0.2) is 8.78 Å². The molecule has 0 aliphatic heterocycles. The number of alkyl halides is 2. The Morgan fingerprint density at radius 3 is 2.00 bits per heavy atom. The van der Waals surface area contributed by atoms with Crippen molar-refractivity contribution in [3.8, 4) is 0 Å². The van der Waals surface area contributed by atoms with Crippen LogP contribution in [0.3, 0.4) is 0 Å². The highest BCUT2D eigenvalue weighted by Crippen LogP contribution is 2.09. The van der Waals surface area contributed by atoms with Crippen LogP contribution in [-0.4, -0.2) is 12.5 Å². The average Bonchev–Trinajstić information content (AvgIpc) is 1.58. The molecular weight excluding hydrogens is 136 g/mol. The lowest BCUT2D eigenvalue weighted by Crippen LogP contribution is -2.24. The first-order valence-electron chi connectivity index (χ1n) is 3.56. The van der Waals surface area contributed by atoms with Gasteiger partial charge in [-0.2, -0.15) is 0 Å². The SMILES string of the molecule is CC(C)CC(N)CC(F)F. The molecular formula is C7H15F2N. The summed E-state index contributed by atoms with van der Waals surface area (Å²) in [5.74, 6) is 0.411. The fourth-order valence-electron chi connectivity index (χ4n) is 0.931. The van der Waals surface area contributed by atoms with Gasteiger partial charge in [-0.05, 0) is 12.3 Å². The van der Waals surface area contributed by atoms with Crippen LogP contribution in [0.2, 0.25) is 0 Å². The second-order valence-corrected chi connectivity index (χ2v) is 3.02. The van der Waals surface area contributed by atoms with Crippen molar-refractivity contribution in [2.24, 2.45) is 11.7 Å². The van der Waals surface area contributed by atoms with Gasteiger partial charge in [0.15, 0.2) is 0 Å². The summed E-state index contributed by atoms with van der Waals surface area (Å²) in [6.45, 7) is 3.96. The Hall–Kier alpha value is -0.180. The minimum absolute atomic E-state index is 0.168. The number of rotatable bonds is 4. The molecule has 0 fully saturated rings. The van der Waals surface area contributed by atoms with Gasteiger partial charge in [0.1, 0.15) is 0 Å². The number of nitrogens with two attached hydrogens (primary N) is 1. The van der Waals surface area contributed by atoms with Crippen LogP contribution in [0.5, 0.6) is 0 Å². The molecule has 0 saturated heterocycles. The van der Waals surface area contributed by atoms with Gasteiger partial charge in [-0.1, -0.05) is 13.8 Å². The van der Waals surface area contributed by atoms with Crippen LogP contribution in [0.25, 0.3) is 0 Å². The summed E-state index contributed by atoms with van der Waals surface area (Å²) in [6.07, 6.45) is -1.74. The van der Waals surface area contributed by atoms with Gasteiger partial charge in [0, 0.05) is 12.5 Å². The summed E-state index contributed by atoms with van der Waals surface area (Å²) in [5, 5.41) is 0. The van der Waals surface area contributed by atoms with Crippen LogP contribution in [-0.2, 0) is 0 Å². The molecule has 0 rings (SSSR count). The van der Waals surface area contributed by atoms with Crippen molar-refractivity contribution >= 4 is 0 Å². The molecule has 0 heterocycles. The van der Waals surface area contributed by atoms with E-state index < -0.39 is 6.43 Å². The van der Waals surface area contributed by atoms with Crippen molar-refractivity contribution in [2.45, 2.75) is 39.2 Å². The van der Waals surface area contributed by atoms with Gasteiger partial charge in [0.25, 0.3) is 0 Å². The van der Waals surface area contributed by atoms with Gasteiger partial charge < -0.3 is 5.73 Å². The largest absolute Gasteiger partial charge is 0.327 e. The average molecular weight is 151 g/mol. The predicted molar refractivity (Wildman–Crippen MR) is 38.1 cm³/mol. The fourth-order valence-corrected chi connectivity index (χ4v) is 0.931. The molecule has 0 aromatic rings. The molecule has 1 nitrogen and oxygen atoms in total. The molecule has 0 saturated carbocycles. The topological polar surface area (TPSA) is 26.0 Å². The maximum atomic E-state index is 11.7. The third-order valence-electron chi connectivity index (χ3n) is 1.26. The molecule has 3 heteroatoms. The Balaban J connectivity index is 3.34. The Labute approximate surface area is 60.6 Å². The van der Waals surface area contributed by atoms with Gasteiger partial charge >= 0.3 is 0 Å². The normalized spacial score (nSPS) is 14.7. The zero-order valence-corrected chi connectivity index (χ0v) is 6.48. The molecule has 0 radical (unpaired) electrons. The van der Waals surface area contributed by atoms with Crippen molar-refractivity contribution in [1.82, 2.24) is 0 Å². The second-order valence-electron chi connectivity index (χ2n) is 3.02. The summed E-state index contributed by atoms with van der Waals surface area (Å²) < 4.78 is 23.3. The highest BCUT2D eigenvalue weighted by atomic mass is 19.3. The molecule has 0 aromatic carbocycles. The molecule has 0 aliphatic carbocycles. The maximum Gasteiger partial charge on any atom is 0.240 e. The van der Waals surface area contributed by atoms with Gasteiger partial charge in [0.05, 0.1) is 0 Å². The van der Waals surface area contributed by atoms with Crippen LogP contribution in [0.1, 0.15) is 26.7 Å². The van der Waals surface area contributed by atoms with Crippen LogP contribution in [0.15, 0.2) is 0 Å². The third kappa shape index (κ3) is 5.95. The van der Waals surface area contributed by atoms with Crippen LogP contribution in [0.4, 0.5) is 8.78 Å². The predicted octanol–water partition coefficient (Wildman–Crippen LogP) is 2.02. The van der Waals surface area contributed by atoms with E-state index in [1.165, 1.54) is 0 Å². The minimum atomic E-state index is -2.26. The monoisotopic (exact) mass is 151 g/mol. The van der Waals surface area contributed by atoms with Gasteiger partial charge in [0.2, 0.25) is 6.43 Å². The number of halogens is 2. The molecule has 10 heavy (non-hydrogen) atoms. The van der Waals surface area contributed by atoms with E-state index in [4.69, 9.17) is 5.73 Å². The highest BCUT2D eigenvalue weighted by Gasteiger charge is 2.11. The van der Waals surface area contributed by atoms with E-state index in [1.807, 2.05) is 13.8 Å². The van der Waals surface area contributed by atoms with Crippen molar-refractivity contribution in [3.63, 3.8) is 0 Å². The smallest absolute Gasteiger partial charge is 0.240 e. The van der Waals surface area contributed by atoms with E-state index in [1.54, 1.807) is 0 Å². The molecule has 0 bridgehead atoms. The molecule has 0 spiro atoms. The lowest BCUT2D eigenvalue weighted by molar-refractivity contribution is 0.125. The molecule has 1 atom stereocenters. The zero-order chi connectivity index (χ0) is 8.15. The van der Waals surface area contributed by atoms with Crippen molar-refractivity contribution in [3.05, 3.63) is 0 Å². The summed E-state index contributed by atoms with van der Waals surface area (Å²) in [4.78, 5) is 0. The molecule has 0 amide bonds. The Morgan fingerprint density at radius 2 is 1.70 bits per heavy atom. The lowest BCUT2D eigenvalue weighted by atomic mass is 10.0. The number of hydrogen-bond donors (Lipinski definition) is 1. The van der Waals surface area contributed by atoms with E-state index >= 15 is 0 Å². The van der Waals surface area contributed by atoms with Gasteiger partial charge in [-0.3, -0.25) is 0 Å². The van der Waals surface area contributed by atoms with E-state index in [-0.39, 0.29) is 12.5 Å². The molecule has 1 unspecified atom stereocenters. The van der Waals surface area contributed by atoms with E-state index in [9.17, 15) is 8.78 Å². The first-order chi connectivity index (χ1) is 4.52. The second kappa shape index (κ2) is 4.61. The fraction of sp³-hybridized carbons (Fsp3) is 1.00.